The first-order valence-electron chi connectivity index (χ1n) is 9.45. The van der Waals surface area contributed by atoms with Crippen LogP contribution in [0.5, 0.6) is 0 Å². The summed E-state index contributed by atoms with van der Waals surface area (Å²) in [6, 6.07) is 10.4. The van der Waals surface area contributed by atoms with Crippen molar-refractivity contribution in [2.75, 3.05) is 17.2 Å². The molecular weight excluding hydrogens is 364 g/mol. The topological polar surface area (TPSA) is 61.4 Å². The Morgan fingerprint density at radius 1 is 1.21 bits per heavy atom. The minimum absolute atomic E-state index is 0.116. The second-order valence-electron chi connectivity index (χ2n) is 7.66. The standard InChI is InChI=1S/C21H19F2N3O2/c22-12-7-8-16(23)18(10-12)24-19(27)15-11-13-4-3-9-26(13)21(15)14-5-1-2-6-17(14)25-20(21)28/h1-2,5-8,10,13,15H,3-4,9,11H2,(H,24,27)(H,25,28). The van der Waals surface area contributed by atoms with E-state index in [-0.39, 0.29) is 17.6 Å². The molecule has 0 saturated carbocycles. The van der Waals surface area contributed by atoms with Crippen LogP contribution in [0.3, 0.4) is 0 Å². The first-order valence-corrected chi connectivity index (χ1v) is 9.45. The van der Waals surface area contributed by atoms with Gasteiger partial charge in [-0.05, 0) is 44.0 Å². The van der Waals surface area contributed by atoms with Gasteiger partial charge in [0.25, 0.3) is 0 Å². The van der Waals surface area contributed by atoms with E-state index in [1.54, 1.807) is 0 Å². The number of nitrogens with zero attached hydrogens (tertiary/aromatic N) is 1. The van der Waals surface area contributed by atoms with E-state index in [1.807, 2.05) is 24.3 Å². The normalized spacial score (nSPS) is 28.3. The average molecular weight is 383 g/mol. The fourth-order valence-electron chi connectivity index (χ4n) is 5.19. The van der Waals surface area contributed by atoms with E-state index < -0.39 is 29.0 Å². The third-order valence-corrected chi connectivity index (χ3v) is 6.28. The highest BCUT2D eigenvalue weighted by Gasteiger charge is 2.65. The molecule has 0 radical (unpaired) electrons. The van der Waals surface area contributed by atoms with Gasteiger partial charge >= 0.3 is 0 Å². The van der Waals surface area contributed by atoms with Crippen LogP contribution in [0.1, 0.15) is 24.8 Å². The largest absolute Gasteiger partial charge is 0.324 e. The summed E-state index contributed by atoms with van der Waals surface area (Å²) in [6.45, 7) is 0.727. The van der Waals surface area contributed by atoms with Gasteiger partial charge in [0.05, 0.1) is 11.6 Å². The Labute approximate surface area is 160 Å². The van der Waals surface area contributed by atoms with E-state index in [1.165, 1.54) is 0 Å². The van der Waals surface area contributed by atoms with Crippen molar-refractivity contribution in [3.63, 3.8) is 0 Å². The van der Waals surface area contributed by atoms with Crippen LogP contribution in [-0.4, -0.2) is 29.3 Å². The van der Waals surface area contributed by atoms with Crippen molar-refractivity contribution in [2.45, 2.75) is 30.8 Å². The molecule has 0 bridgehead atoms. The van der Waals surface area contributed by atoms with Crippen LogP contribution in [0.15, 0.2) is 42.5 Å². The number of benzene rings is 2. The predicted octanol–water partition coefficient (Wildman–Crippen LogP) is 3.24. The van der Waals surface area contributed by atoms with Gasteiger partial charge in [-0.15, -0.1) is 0 Å². The van der Waals surface area contributed by atoms with Gasteiger partial charge in [-0.3, -0.25) is 14.5 Å². The summed E-state index contributed by atoms with van der Waals surface area (Å²) in [7, 11) is 0. The second kappa shape index (κ2) is 6.10. The number of para-hydroxylation sites is 1. The summed E-state index contributed by atoms with van der Waals surface area (Å²) in [5.41, 5.74) is 0.170. The molecule has 0 aromatic heterocycles. The first-order chi connectivity index (χ1) is 13.5. The van der Waals surface area contributed by atoms with Crippen molar-refractivity contribution in [2.24, 2.45) is 5.92 Å². The van der Waals surface area contributed by atoms with Crippen molar-refractivity contribution < 1.29 is 18.4 Å². The lowest BCUT2D eigenvalue weighted by Crippen LogP contribution is -2.53. The lowest BCUT2D eigenvalue weighted by atomic mass is 9.78. The van der Waals surface area contributed by atoms with Gasteiger partial charge in [0.15, 0.2) is 0 Å². The number of carbonyl (C=O) groups is 2. The summed E-state index contributed by atoms with van der Waals surface area (Å²) in [5.74, 6) is -2.73. The molecule has 28 heavy (non-hydrogen) atoms. The lowest BCUT2D eigenvalue weighted by molar-refractivity contribution is -0.135. The van der Waals surface area contributed by atoms with Gasteiger partial charge < -0.3 is 10.6 Å². The molecule has 1 spiro atoms. The molecule has 2 amide bonds. The first kappa shape index (κ1) is 17.3. The molecule has 3 heterocycles. The number of nitrogens with one attached hydrogen (secondary N) is 2. The molecule has 2 fully saturated rings. The minimum Gasteiger partial charge on any atom is -0.324 e. The molecule has 3 unspecified atom stereocenters. The van der Waals surface area contributed by atoms with E-state index in [0.717, 1.165) is 43.1 Å². The molecule has 3 aliphatic heterocycles. The highest BCUT2D eigenvalue weighted by atomic mass is 19.1. The molecule has 2 saturated heterocycles. The van der Waals surface area contributed by atoms with Gasteiger partial charge in [-0.2, -0.15) is 0 Å². The van der Waals surface area contributed by atoms with Crippen LogP contribution in [0.25, 0.3) is 0 Å². The Kier molecular flexibility index (Phi) is 3.77. The molecule has 5 nitrogen and oxygen atoms in total. The van der Waals surface area contributed by atoms with Gasteiger partial charge in [-0.25, -0.2) is 8.78 Å². The maximum absolute atomic E-state index is 14.1. The number of fused-ring (bicyclic) bond motifs is 4. The van der Waals surface area contributed by atoms with Crippen molar-refractivity contribution in [1.82, 2.24) is 4.90 Å². The van der Waals surface area contributed by atoms with Gasteiger partial charge in [-0.1, -0.05) is 18.2 Å². The van der Waals surface area contributed by atoms with Gasteiger partial charge in [0.1, 0.15) is 17.2 Å². The van der Waals surface area contributed by atoms with E-state index in [4.69, 9.17) is 0 Å². The van der Waals surface area contributed by atoms with Gasteiger partial charge in [0, 0.05) is 23.4 Å². The minimum atomic E-state index is -1.11. The molecule has 2 aromatic rings. The molecule has 3 atom stereocenters. The number of carbonyl (C=O) groups excluding carboxylic acids is 2. The van der Waals surface area contributed by atoms with Crippen molar-refractivity contribution in [3.8, 4) is 0 Å². The Hall–Kier alpha value is -2.80. The zero-order valence-corrected chi connectivity index (χ0v) is 15.0. The van der Waals surface area contributed by atoms with Crippen molar-refractivity contribution in [3.05, 3.63) is 59.7 Å². The van der Waals surface area contributed by atoms with E-state index in [2.05, 4.69) is 15.5 Å². The summed E-state index contributed by atoms with van der Waals surface area (Å²) >= 11 is 0. The van der Waals surface area contributed by atoms with E-state index in [9.17, 15) is 18.4 Å². The number of anilines is 2. The zero-order valence-electron chi connectivity index (χ0n) is 15.0. The summed E-state index contributed by atoms with van der Waals surface area (Å²) in [6.07, 6.45) is 2.38. The van der Waals surface area contributed by atoms with E-state index in [0.29, 0.717) is 12.1 Å². The Balaban J connectivity index is 1.58. The highest BCUT2D eigenvalue weighted by molar-refractivity contribution is 6.10. The number of halogens is 2. The monoisotopic (exact) mass is 383 g/mol. The Bertz CT molecular complexity index is 995. The molecular formula is C21H19F2N3O2. The summed E-state index contributed by atoms with van der Waals surface area (Å²) in [4.78, 5) is 28.6. The van der Waals surface area contributed by atoms with Gasteiger partial charge in [0.2, 0.25) is 11.8 Å². The summed E-state index contributed by atoms with van der Waals surface area (Å²) in [5, 5.41) is 5.44. The maximum Gasteiger partial charge on any atom is 0.250 e. The van der Waals surface area contributed by atoms with Crippen LogP contribution >= 0.6 is 0 Å². The molecule has 2 aromatic carbocycles. The molecule has 5 rings (SSSR count). The molecule has 2 N–H and O–H groups in total. The van der Waals surface area contributed by atoms with Crippen LogP contribution in [0, 0.1) is 17.6 Å². The highest BCUT2D eigenvalue weighted by Crippen LogP contribution is 2.55. The smallest absolute Gasteiger partial charge is 0.250 e. The lowest BCUT2D eigenvalue weighted by Gasteiger charge is -2.36. The number of hydrogen-bond donors (Lipinski definition) is 2. The molecule has 144 valence electrons. The molecule has 7 heteroatoms. The zero-order chi connectivity index (χ0) is 19.5. The molecule has 0 aliphatic carbocycles. The van der Waals surface area contributed by atoms with Crippen LogP contribution in [0.2, 0.25) is 0 Å². The predicted molar refractivity (Wildman–Crippen MR) is 99.6 cm³/mol. The maximum atomic E-state index is 14.1. The average Bonchev–Trinajstić information content (AvgIpc) is 3.33. The number of hydrogen-bond acceptors (Lipinski definition) is 3. The Morgan fingerprint density at radius 3 is 2.89 bits per heavy atom. The fourth-order valence-corrected chi connectivity index (χ4v) is 5.19. The SMILES string of the molecule is O=C(Nc1cc(F)ccc1F)C1CC2CCCN2C12C(=O)Nc1ccccc12. The van der Waals surface area contributed by atoms with Crippen LogP contribution in [-0.2, 0) is 15.1 Å². The summed E-state index contributed by atoms with van der Waals surface area (Å²) < 4.78 is 27.6. The van der Waals surface area contributed by atoms with Crippen molar-refractivity contribution in [1.29, 1.82) is 0 Å². The second-order valence-corrected chi connectivity index (χ2v) is 7.66. The van der Waals surface area contributed by atoms with Crippen LogP contribution < -0.4 is 10.6 Å². The third-order valence-electron chi connectivity index (χ3n) is 6.28. The Morgan fingerprint density at radius 2 is 2.04 bits per heavy atom. The fraction of sp³-hybridized carbons (Fsp3) is 0.333. The van der Waals surface area contributed by atoms with Crippen LogP contribution in [0.4, 0.5) is 20.2 Å². The van der Waals surface area contributed by atoms with E-state index >= 15 is 0 Å². The third kappa shape index (κ3) is 2.26. The van der Waals surface area contributed by atoms with Crippen molar-refractivity contribution >= 4 is 23.2 Å². The number of amides is 2. The molecule has 3 aliphatic rings. The number of rotatable bonds is 2. The quantitative estimate of drug-likeness (QED) is 0.837.